The fourth-order valence-corrected chi connectivity index (χ4v) is 1.43. The molecule has 0 spiro atoms. The lowest BCUT2D eigenvalue weighted by molar-refractivity contribution is 0.218. The zero-order valence-electron chi connectivity index (χ0n) is 9.33. The largest absolute Gasteiger partial charge is 0.382 e. The van der Waals surface area contributed by atoms with Crippen LogP contribution in [0.5, 0.6) is 0 Å². The SMILES string of the molecule is CN(C)C(=O)NCCNc1ccncc1Br. The van der Waals surface area contributed by atoms with E-state index in [0.29, 0.717) is 13.1 Å². The number of hydrogen-bond donors (Lipinski definition) is 2. The maximum absolute atomic E-state index is 11.2. The number of carbonyl (C=O) groups excluding carboxylic acids is 1. The van der Waals surface area contributed by atoms with Gasteiger partial charge in [0.15, 0.2) is 0 Å². The molecule has 5 nitrogen and oxygen atoms in total. The summed E-state index contributed by atoms with van der Waals surface area (Å²) in [6.07, 6.45) is 3.44. The highest BCUT2D eigenvalue weighted by atomic mass is 79.9. The number of hydrogen-bond acceptors (Lipinski definition) is 3. The molecule has 88 valence electrons. The fraction of sp³-hybridized carbons (Fsp3) is 0.400. The van der Waals surface area contributed by atoms with Crippen molar-refractivity contribution in [2.24, 2.45) is 0 Å². The molecule has 0 unspecified atom stereocenters. The fourth-order valence-electron chi connectivity index (χ4n) is 1.04. The zero-order chi connectivity index (χ0) is 12.0. The van der Waals surface area contributed by atoms with Crippen molar-refractivity contribution in [2.45, 2.75) is 0 Å². The first-order valence-electron chi connectivity index (χ1n) is 4.90. The summed E-state index contributed by atoms with van der Waals surface area (Å²) >= 11 is 3.38. The van der Waals surface area contributed by atoms with E-state index in [1.807, 2.05) is 6.07 Å². The Morgan fingerprint density at radius 3 is 2.88 bits per heavy atom. The molecule has 0 radical (unpaired) electrons. The van der Waals surface area contributed by atoms with Crippen LogP contribution in [0.15, 0.2) is 22.9 Å². The number of nitrogens with one attached hydrogen (secondary N) is 2. The summed E-state index contributed by atoms with van der Waals surface area (Å²) in [4.78, 5) is 16.7. The quantitative estimate of drug-likeness (QED) is 0.826. The number of carbonyl (C=O) groups is 1. The molecule has 0 saturated heterocycles. The number of nitrogens with zero attached hydrogens (tertiary/aromatic N) is 2. The molecule has 0 aliphatic heterocycles. The Morgan fingerprint density at radius 2 is 2.25 bits per heavy atom. The molecule has 6 heteroatoms. The van der Waals surface area contributed by atoms with E-state index in [-0.39, 0.29) is 6.03 Å². The van der Waals surface area contributed by atoms with Crippen LogP contribution in [0.4, 0.5) is 10.5 Å². The standard InChI is InChI=1S/C10H15BrN4O/c1-15(2)10(16)14-6-5-13-9-3-4-12-7-8(9)11/h3-4,7H,5-6H2,1-2H3,(H,12,13)(H,14,16). The number of amides is 2. The van der Waals surface area contributed by atoms with Gasteiger partial charge in [0.2, 0.25) is 0 Å². The minimum atomic E-state index is -0.0874. The summed E-state index contributed by atoms with van der Waals surface area (Å²) in [6.45, 7) is 1.24. The molecule has 1 aromatic rings. The van der Waals surface area contributed by atoms with Crippen LogP contribution in [-0.4, -0.2) is 43.1 Å². The van der Waals surface area contributed by atoms with Gasteiger partial charge in [-0.3, -0.25) is 4.98 Å². The van der Waals surface area contributed by atoms with Crippen molar-refractivity contribution >= 4 is 27.6 Å². The second-order valence-electron chi connectivity index (χ2n) is 3.41. The summed E-state index contributed by atoms with van der Waals surface area (Å²) in [7, 11) is 3.42. The maximum Gasteiger partial charge on any atom is 0.316 e. The van der Waals surface area contributed by atoms with Crippen molar-refractivity contribution in [1.29, 1.82) is 0 Å². The monoisotopic (exact) mass is 286 g/mol. The highest BCUT2D eigenvalue weighted by molar-refractivity contribution is 9.10. The van der Waals surface area contributed by atoms with Crippen LogP contribution < -0.4 is 10.6 Å². The molecule has 0 saturated carbocycles. The van der Waals surface area contributed by atoms with E-state index in [4.69, 9.17) is 0 Å². The van der Waals surface area contributed by atoms with E-state index in [9.17, 15) is 4.79 Å². The Labute approximate surface area is 103 Å². The van der Waals surface area contributed by atoms with Crippen LogP contribution in [0, 0.1) is 0 Å². The normalized spacial score (nSPS) is 9.69. The molecule has 2 amide bonds. The average Bonchev–Trinajstić information content (AvgIpc) is 2.26. The van der Waals surface area contributed by atoms with Crippen LogP contribution >= 0.6 is 15.9 Å². The van der Waals surface area contributed by atoms with Crippen molar-refractivity contribution in [2.75, 3.05) is 32.5 Å². The predicted molar refractivity (Wildman–Crippen MR) is 67.5 cm³/mol. The van der Waals surface area contributed by atoms with Gasteiger partial charge in [0.05, 0.1) is 10.2 Å². The van der Waals surface area contributed by atoms with Crippen molar-refractivity contribution < 1.29 is 4.79 Å². The molecule has 1 aromatic heterocycles. The molecule has 0 aliphatic rings. The topological polar surface area (TPSA) is 57.3 Å². The second kappa shape index (κ2) is 6.32. The summed E-state index contributed by atoms with van der Waals surface area (Å²) in [5.41, 5.74) is 0.967. The van der Waals surface area contributed by atoms with E-state index in [1.165, 1.54) is 4.90 Å². The Balaban J connectivity index is 2.26. The van der Waals surface area contributed by atoms with Gasteiger partial charge < -0.3 is 15.5 Å². The van der Waals surface area contributed by atoms with Crippen LogP contribution in [0.25, 0.3) is 0 Å². The maximum atomic E-state index is 11.2. The van der Waals surface area contributed by atoms with Gasteiger partial charge in [0, 0.05) is 39.6 Å². The highest BCUT2D eigenvalue weighted by Crippen LogP contribution is 2.19. The number of pyridine rings is 1. The second-order valence-corrected chi connectivity index (χ2v) is 4.26. The Kier molecular flexibility index (Phi) is 5.04. The van der Waals surface area contributed by atoms with Crippen molar-refractivity contribution in [1.82, 2.24) is 15.2 Å². The smallest absolute Gasteiger partial charge is 0.316 e. The van der Waals surface area contributed by atoms with Gasteiger partial charge in [-0.05, 0) is 22.0 Å². The highest BCUT2D eigenvalue weighted by Gasteiger charge is 2.01. The molecule has 16 heavy (non-hydrogen) atoms. The molecule has 2 N–H and O–H groups in total. The minimum Gasteiger partial charge on any atom is -0.382 e. The summed E-state index contributed by atoms with van der Waals surface area (Å²) in [5.74, 6) is 0. The third-order valence-corrected chi connectivity index (χ3v) is 2.53. The van der Waals surface area contributed by atoms with E-state index < -0.39 is 0 Å². The van der Waals surface area contributed by atoms with Gasteiger partial charge in [-0.15, -0.1) is 0 Å². The van der Waals surface area contributed by atoms with Gasteiger partial charge in [-0.25, -0.2) is 4.79 Å². The summed E-state index contributed by atoms with van der Waals surface area (Å²) < 4.78 is 0.911. The Morgan fingerprint density at radius 1 is 1.50 bits per heavy atom. The first-order valence-corrected chi connectivity index (χ1v) is 5.69. The first-order chi connectivity index (χ1) is 7.61. The van der Waals surface area contributed by atoms with Crippen LogP contribution in [-0.2, 0) is 0 Å². The van der Waals surface area contributed by atoms with E-state index in [0.717, 1.165) is 10.2 Å². The molecule has 0 aliphatic carbocycles. The molecule has 0 fully saturated rings. The summed E-state index contributed by atoms with van der Waals surface area (Å²) in [6, 6.07) is 1.79. The average molecular weight is 287 g/mol. The Hall–Kier alpha value is -1.30. The molecule has 1 rings (SSSR count). The lowest BCUT2D eigenvalue weighted by atomic mass is 10.4. The third-order valence-electron chi connectivity index (χ3n) is 1.90. The first kappa shape index (κ1) is 12.8. The number of anilines is 1. The number of rotatable bonds is 4. The zero-order valence-corrected chi connectivity index (χ0v) is 10.9. The number of halogens is 1. The lowest BCUT2D eigenvalue weighted by Gasteiger charge is -2.13. The molecular formula is C10H15BrN4O. The van der Waals surface area contributed by atoms with Gasteiger partial charge in [-0.2, -0.15) is 0 Å². The number of aromatic nitrogens is 1. The predicted octanol–water partition coefficient (Wildman–Crippen LogP) is 1.53. The van der Waals surface area contributed by atoms with E-state index >= 15 is 0 Å². The third kappa shape index (κ3) is 4.06. The van der Waals surface area contributed by atoms with Gasteiger partial charge in [0.1, 0.15) is 0 Å². The van der Waals surface area contributed by atoms with Gasteiger partial charge in [-0.1, -0.05) is 0 Å². The molecule has 0 bridgehead atoms. The molecule has 1 heterocycles. The van der Waals surface area contributed by atoms with E-state index in [2.05, 4.69) is 31.5 Å². The van der Waals surface area contributed by atoms with Gasteiger partial charge >= 0.3 is 6.03 Å². The lowest BCUT2D eigenvalue weighted by Crippen LogP contribution is -2.37. The molecular weight excluding hydrogens is 272 g/mol. The molecule has 0 atom stereocenters. The van der Waals surface area contributed by atoms with Crippen molar-refractivity contribution in [3.63, 3.8) is 0 Å². The number of urea groups is 1. The Bertz CT molecular complexity index is 356. The van der Waals surface area contributed by atoms with Crippen molar-refractivity contribution in [3.8, 4) is 0 Å². The minimum absolute atomic E-state index is 0.0874. The van der Waals surface area contributed by atoms with Crippen LogP contribution in [0.2, 0.25) is 0 Å². The van der Waals surface area contributed by atoms with Crippen LogP contribution in [0.3, 0.4) is 0 Å². The summed E-state index contributed by atoms with van der Waals surface area (Å²) in [5, 5.41) is 5.95. The van der Waals surface area contributed by atoms with Crippen LogP contribution in [0.1, 0.15) is 0 Å². The van der Waals surface area contributed by atoms with Gasteiger partial charge in [0.25, 0.3) is 0 Å². The van der Waals surface area contributed by atoms with E-state index in [1.54, 1.807) is 26.5 Å². The molecule has 0 aromatic carbocycles. The van der Waals surface area contributed by atoms with Crippen molar-refractivity contribution in [3.05, 3.63) is 22.9 Å².